The first-order valence-corrected chi connectivity index (χ1v) is 9.89. The summed E-state index contributed by atoms with van der Waals surface area (Å²) < 4.78 is 15.0. The zero-order valence-corrected chi connectivity index (χ0v) is 16.7. The van der Waals surface area contributed by atoms with Crippen molar-refractivity contribution in [3.63, 3.8) is 0 Å². The molecule has 1 aliphatic rings. The molecule has 3 aromatic rings. The number of hydrogen-bond donors (Lipinski definition) is 2. The summed E-state index contributed by atoms with van der Waals surface area (Å²) in [5.74, 6) is -0.973. The highest BCUT2D eigenvalue weighted by Gasteiger charge is 2.20. The van der Waals surface area contributed by atoms with E-state index in [0.717, 1.165) is 31.9 Å². The molecule has 8 nitrogen and oxygen atoms in total. The summed E-state index contributed by atoms with van der Waals surface area (Å²) in [6.45, 7) is 5.30. The Morgan fingerprint density at radius 1 is 1.20 bits per heavy atom. The van der Waals surface area contributed by atoms with Crippen LogP contribution in [0.25, 0.3) is 11.0 Å². The topological polar surface area (TPSA) is 108 Å². The third-order valence-corrected chi connectivity index (χ3v) is 5.42. The fourth-order valence-corrected chi connectivity index (χ4v) is 3.69. The van der Waals surface area contributed by atoms with Gasteiger partial charge in [-0.1, -0.05) is 13.0 Å². The Labute approximate surface area is 172 Å². The summed E-state index contributed by atoms with van der Waals surface area (Å²) in [6, 6.07) is 6.94. The number of aromatic nitrogens is 3. The summed E-state index contributed by atoms with van der Waals surface area (Å²) in [4.78, 5) is 38.5. The summed E-state index contributed by atoms with van der Waals surface area (Å²) in [6.07, 6.45) is 2.15. The molecular formula is C21H23FN6O2. The number of nitrogens with two attached hydrogens (primary N) is 1. The van der Waals surface area contributed by atoms with Gasteiger partial charge in [-0.2, -0.15) is 0 Å². The maximum atomic E-state index is 15.0. The van der Waals surface area contributed by atoms with Crippen molar-refractivity contribution in [2.24, 2.45) is 5.73 Å². The van der Waals surface area contributed by atoms with E-state index in [1.54, 1.807) is 24.4 Å². The zero-order chi connectivity index (χ0) is 21.3. The van der Waals surface area contributed by atoms with E-state index < -0.39 is 11.7 Å². The molecule has 3 heterocycles. The van der Waals surface area contributed by atoms with Crippen LogP contribution in [0.15, 0.2) is 35.3 Å². The Balaban J connectivity index is 1.44. The summed E-state index contributed by atoms with van der Waals surface area (Å²) >= 11 is 0. The van der Waals surface area contributed by atoms with Gasteiger partial charge in [0.05, 0.1) is 17.4 Å². The lowest BCUT2D eigenvalue weighted by Crippen LogP contribution is -2.46. The Bertz CT molecular complexity index is 1140. The first-order valence-electron chi connectivity index (χ1n) is 9.89. The summed E-state index contributed by atoms with van der Waals surface area (Å²) in [5, 5.41) is 0. The second kappa shape index (κ2) is 8.19. The fraction of sp³-hybridized carbons (Fsp3) is 0.333. The highest BCUT2D eigenvalue weighted by Crippen LogP contribution is 2.21. The lowest BCUT2D eigenvalue weighted by molar-refractivity contribution is 0.0995. The standard InChI is InChI=1S/C21H23FN6O2/c1-2-15-21(30)26-19-16(25-15)5-3-13(18(19)22)12-27-7-9-28(10-8-27)14-4-6-17(20(23)29)24-11-14/h3-6,11H,2,7-10,12H2,1H3,(H2,23,29)(H,26,30). The Kier molecular flexibility index (Phi) is 5.45. The third-order valence-electron chi connectivity index (χ3n) is 5.42. The molecule has 1 fully saturated rings. The number of fused-ring (bicyclic) bond motifs is 1. The van der Waals surface area contributed by atoms with Gasteiger partial charge >= 0.3 is 0 Å². The smallest absolute Gasteiger partial charge is 0.270 e. The average molecular weight is 410 g/mol. The number of primary amides is 1. The molecule has 0 atom stereocenters. The maximum absolute atomic E-state index is 15.0. The van der Waals surface area contributed by atoms with Gasteiger partial charge in [-0.05, 0) is 24.6 Å². The highest BCUT2D eigenvalue weighted by molar-refractivity contribution is 5.90. The minimum absolute atomic E-state index is 0.161. The van der Waals surface area contributed by atoms with Crippen LogP contribution in [-0.2, 0) is 13.0 Å². The van der Waals surface area contributed by atoms with Gasteiger partial charge in [0.25, 0.3) is 11.5 Å². The molecular weight excluding hydrogens is 387 g/mol. The molecule has 1 aliphatic heterocycles. The van der Waals surface area contributed by atoms with Crippen molar-refractivity contribution in [3.8, 4) is 0 Å². The number of amides is 1. The first-order chi connectivity index (χ1) is 14.5. The van der Waals surface area contributed by atoms with Gasteiger partial charge in [-0.15, -0.1) is 0 Å². The van der Waals surface area contributed by atoms with Crippen molar-refractivity contribution in [2.75, 3.05) is 31.1 Å². The van der Waals surface area contributed by atoms with E-state index in [1.807, 2.05) is 13.0 Å². The normalized spacial score (nSPS) is 14.9. The molecule has 1 aromatic carbocycles. The van der Waals surface area contributed by atoms with Gasteiger partial charge in [0, 0.05) is 38.3 Å². The number of piperazine rings is 1. The number of hydrogen-bond acceptors (Lipinski definition) is 6. The zero-order valence-electron chi connectivity index (χ0n) is 16.7. The van der Waals surface area contributed by atoms with E-state index in [1.165, 1.54) is 0 Å². The number of rotatable bonds is 5. The third kappa shape index (κ3) is 3.88. The van der Waals surface area contributed by atoms with Crippen molar-refractivity contribution in [3.05, 3.63) is 63.6 Å². The quantitative estimate of drug-likeness (QED) is 0.659. The van der Waals surface area contributed by atoms with Crippen molar-refractivity contribution in [1.82, 2.24) is 19.9 Å². The molecule has 3 N–H and O–H groups in total. The Hall–Kier alpha value is -3.33. The minimum Gasteiger partial charge on any atom is -0.368 e. The first kappa shape index (κ1) is 20.0. The number of carbonyl (C=O) groups is 1. The molecule has 30 heavy (non-hydrogen) atoms. The fourth-order valence-electron chi connectivity index (χ4n) is 3.69. The van der Waals surface area contributed by atoms with E-state index in [2.05, 4.69) is 24.8 Å². The van der Waals surface area contributed by atoms with Crippen molar-refractivity contribution in [2.45, 2.75) is 19.9 Å². The molecule has 1 amide bonds. The number of H-pyrrole nitrogens is 1. The summed E-state index contributed by atoms with van der Waals surface area (Å²) in [5.41, 5.74) is 7.61. The molecule has 1 saturated heterocycles. The van der Waals surface area contributed by atoms with Crippen LogP contribution >= 0.6 is 0 Å². The Morgan fingerprint density at radius 2 is 1.97 bits per heavy atom. The number of aryl methyl sites for hydroxylation is 1. The van der Waals surface area contributed by atoms with E-state index in [-0.39, 0.29) is 16.8 Å². The van der Waals surface area contributed by atoms with Gasteiger partial charge in [-0.25, -0.2) is 14.4 Å². The lowest BCUT2D eigenvalue weighted by Gasteiger charge is -2.36. The van der Waals surface area contributed by atoms with Crippen molar-refractivity contribution < 1.29 is 9.18 Å². The molecule has 0 bridgehead atoms. The van der Waals surface area contributed by atoms with Crippen LogP contribution < -0.4 is 16.2 Å². The number of anilines is 1. The van der Waals surface area contributed by atoms with Crippen LogP contribution in [0.5, 0.6) is 0 Å². The average Bonchev–Trinajstić information content (AvgIpc) is 2.76. The minimum atomic E-state index is -0.550. The SMILES string of the molecule is CCc1nc2ccc(CN3CCN(c4ccc(C(N)=O)nc4)CC3)c(F)c2[nH]c1=O. The van der Waals surface area contributed by atoms with Gasteiger partial charge in [0.2, 0.25) is 0 Å². The van der Waals surface area contributed by atoms with E-state index >= 15 is 0 Å². The second-order valence-electron chi connectivity index (χ2n) is 7.33. The Morgan fingerprint density at radius 3 is 2.60 bits per heavy atom. The largest absolute Gasteiger partial charge is 0.368 e. The highest BCUT2D eigenvalue weighted by atomic mass is 19.1. The number of benzene rings is 1. The van der Waals surface area contributed by atoms with E-state index in [4.69, 9.17) is 5.73 Å². The molecule has 2 aromatic heterocycles. The summed E-state index contributed by atoms with van der Waals surface area (Å²) in [7, 11) is 0. The number of aromatic amines is 1. The molecule has 156 valence electrons. The predicted octanol–water partition coefficient (Wildman–Crippen LogP) is 1.44. The van der Waals surface area contributed by atoms with E-state index in [0.29, 0.717) is 29.7 Å². The maximum Gasteiger partial charge on any atom is 0.270 e. The van der Waals surface area contributed by atoms with Crippen LogP contribution in [0.2, 0.25) is 0 Å². The molecule has 0 spiro atoms. The van der Waals surface area contributed by atoms with E-state index in [9.17, 15) is 14.0 Å². The second-order valence-corrected chi connectivity index (χ2v) is 7.33. The molecule has 0 saturated carbocycles. The number of nitrogens with one attached hydrogen (secondary N) is 1. The molecule has 0 aliphatic carbocycles. The molecule has 9 heteroatoms. The lowest BCUT2D eigenvalue weighted by atomic mass is 10.1. The van der Waals surface area contributed by atoms with Gasteiger partial charge in [0.1, 0.15) is 16.9 Å². The van der Waals surface area contributed by atoms with Crippen LogP contribution in [0.4, 0.5) is 10.1 Å². The van der Waals surface area contributed by atoms with Gasteiger partial charge in [0.15, 0.2) is 5.82 Å². The molecule has 0 radical (unpaired) electrons. The molecule has 0 unspecified atom stereocenters. The monoisotopic (exact) mass is 410 g/mol. The van der Waals surface area contributed by atoms with Gasteiger partial charge in [-0.3, -0.25) is 14.5 Å². The van der Waals surface area contributed by atoms with Crippen molar-refractivity contribution in [1.29, 1.82) is 0 Å². The number of pyridine rings is 1. The number of halogens is 1. The number of carbonyl (C=O) groups excluding carboxylic acids is 1. The van der Waals surface area contributed by atoms with Crippen LogP contribution in [0.1, 0.15) is 28.7 Å². The van der Waals surface area contributed by atoms with Crippen LogP contribution in [-0.4, -0.2) is 51.9 Å². The molecule has 4 rings (SSSR count). The van der Waals surface area contributed by atoms with Crippen LogP contribution in [0.3, 0.4) is 0 Å². The predicted molar refractivity (Wildman–Crippen MR) is 112 cm³/mol. The van der Waals surface area contributed by atoms with Gasteiger partial charge < -0.3 is 15.6 Å². The van der Waals surface area contributed by atoms with Crippen molar-refractivity contribution >= 4 is 22.6 Å². The number of nitrogens with zero attached hydrogens (tertiary/aromatic N) is 4. The van der Waals surface area contributed by atoms with Crippen LogP contribution in [0, 0.1) is 5.82 Å².